The monoisotopic (exact) mass is 232 g/mol. The Labute approximate surface area is 103 Å². The van der Waals surface area contributed by atoms with Crippen LogP contribution in [0, 0.1) is 0 Å². The average Bonchev–Trinajstić information content (AvgIpc) is 2.39. The van der Waals surface area contributed by atoms with Crippen LogP contribution in [0.2, 0.25) is 0 Å². The van der Waals surface area contributed by atoms with E-state index in [1.807, 2.05) is 18.2 Å². The topological polar surface area (TPSA) is 32.3 Å². The Morgan fingerprint density at radius 1 is 1.41 bits per heavy atom. The lowest BCUT2D eigenvalue weighted by molar-refractivity contribution is -0.116. The molecule has 3 nitrogen and oxygen atoms in total. The lowest BCUT2D eigenvalue weighted by atomic mass is 10.2. The van der Waals surface area contributed by atoms with Gasteiger partial charge in [-0.1, -0.05) is 24.8 Å². The number of nitrogens with one attached hydrogen (secondary N) is 1. The van der Waals surface area contributed by atoms with Crippen LogP contribution in [0.1, 0.15) is 13.3 Å². The molecule has 92 valence electrons. The number of carbonyl (C=O) groups excluding carboxylic acids is 1. The van der Waals surface area contributed by atoms with Crippen LogP contribution in [0.25, 0.3) is 0 Å². The van der Waals surface area contributed by atoms with E-state index in [9.17, 15) is 4.79 Å². The first-order valence-electron chi connectivity index (χ1n) is 5.98. The van der Waals surface area contributed by atoms with Crippen molar-refractivity contribution >= 4 is 11.6 Å². The van der Waals surface area contributed by atoms with Crippen LogP contribution in [0.5, 0.6) is 0 Å². The predicted molar refractivity (Wildman–Crippen MR) is 72.2 cm³/mol. The van der Waals surface area contributed by atoms with Gasteiger partial charge in [-0.15, -0.1) is 0 Å². The molecule has 0 aliphatic heterocycles. The van der Waals surface area contributed by atoms with Crippen molar-refractivity contribution in [1.29, 1.82) is 0 Å². The Morgan fingerprint density at radius 3 is 2.71 bits per heavy atom. The first kappa shape index (κ1) is 13.3. The minimum Gasteiger partial charge on any atom is -0.372 e. The number of hydrogen-bond donors (Lipinski definition) is 1. The third-order valence-electron chi connectivity index (χ3n) is 2.59. The first-order chi connectivity index (χ1) is 8.27. The second-order valence-electron chi connectivity index (χ2n) is 3.76. The molecule has 1 aromatic rings. The van der Waals surface area contributed by atoms with E-state index in [2.05, 4.69) is 35.9 Å². The third-order valence-corrected chi connectivity index (χ3v) is 2.59. The van der Waals surface area contributed by atoms with Crippen molar-refractivity contribution in [3.05, 3.63) is 43.0 Å². The first-order valence-corrected chi connectivity index (χ1v) is 5.98. The molecule has 0 aliphatic carbocycles. The molecule has 3 heteroatoms. The largest absolute Gasteiger partial charge is 0.372 e. The summed E-state index contributed by atoms with van der Waals surface area (Å²) in [4.78, 5) is 13.2. The molecule has 0 saturated heterocycles. The molecule has 0 aromatic heterocycles. The highest BCUT2D eigenvalue weighted by atomic mass is 16.1. The van der Waals surface area contributed by atoms with Gasteiger partial charge in [0, 0.05) is 25.3 Å². The lowest BCUT2D eigenvalue weighted by Crippen LogP contribution is -2.29. The highest BCUT2D eigenvalue weighted by Crippen LogP contribution is 2.12. The van der Waals surface area contributed by atoms with E-state index in [0.717, 1.165) is 19.5 Å². The standard InChI is InChI=1S/C14H20N2O/c1-3-14(17)15-11-8-12-16(4-2)13-9-6-5-7-10-13/h3,5-7,9-10H,1,4,8,11-12H2,2H3,(H,15,17). The summed E-state index contributed by atoms with van der Waals surface area (Å²) in [6, 6.07) is 10.3. The summed E-state index contributed by atoms with van der Waals surface area (Å²) >= 11 is 0. The van der Waals surface area contributed by atoms with Crippen molar-refractivity contribution in [2.24, 2.45) is 0 Å². The van der Waals surface area contributed by atoms with Gasteiger partial charge in [0.2, 0.25) is 5.91 Å². The van der Waals surface area contributed by atoms with Crippen LogP contribution in [0.15, 0.2) is 43.0 Å². The molecular formula is C14H20N2O. The number of para-hydroxylation sites is 1. The highest BCUT2D eigenvalue weighted by molar-refractivity contribution is 5.86. The van der Waals surface area contributed by atoms with Gasteiger partial charge >= 0.3 is 0 Å². The molecule has 1 amide bonds. The van der Waals surface area contributed by atoms with Crippen LogP contribution in [-0.4, -0.2) is 25.5 Å². The van der Waals surface area contributed by atoms with Crippen molar-refractivity contribution < 1.29 is 4.79 Å². The van der Waals surface area contributed by atoms with Gasteiger partial charge in [-0.3, -0.25) is 4.79 Å². The van der Waals surface area contributed by atoms with Gasteiger partial charge in [-0.25, -0.2) is 0 Å². The van der Waals surface area contributed by atoms with Gasteiger partial charge in [-0.2, -0.15) is 0 Å². The van der Waals surface area contributed by atoms with E-state index in [-0.39, 0.29) is 5.91 Å². The number of carbonyl (C=O) groups is 1. The van der Waals surface area contributed by atoms with Gasteiger partial charge in [0.1, 0.15) is 0 Å². The Balaban J connectivity index is 2.33. The fourth-order valence-electron chi connectivity index (χ4n) is 1.66. The maximum absolute atomic E-state index is 11.0. The minimum absolute atomic E-state index is 0.104. The number of nitrogens with zero attached hydrogens (tertiary/aromatic N) is 1. The lowest BCUT2D eigenvalue weighted by Gasteiger charge is -2.23. The van der Waals surface area contributed by atoms with E-state index in [1.54, 1.807) is 0 Å². The molecule has 1 rings (SSSR count). The number of anilines is 1. The summed E-state index contributed by atoms with van der Waals surface area (Å²) in [6.07, 6.45) is 2.23. The Kier molecular flexibility index (Phi) is 5.86. The molecule has 0 atom stereocenters. The molecule has 0 unspecified atom stereocenters. The van der Waals surface area contributed by atoms with Crippen molar-refractivity contribution in [1.82, 2.24) is 5.32 Å². The van der Waals surface area contributed by atoms with Crippen molar-refractivity contribution in [3.8, 4) is 0 Å². The van der Waals surface area contributed by atoms with Gasteiger partial charge in [-0.05, 0) is 31.6 Å². The van der Waals surface area contributed by atoms with Crippen molar-refractivity contribution in [3.63, 3.8) is 0 Å². The summed E-state index contributed by atoms with van der Waals surface area (Å²) < 4.78 is 0. The second-order valence-corrected chi connectivity index (χ2v) is 3.76. The molecule has 0 heterocycles. The summed E-state index contributed by atoms with van der Waals surface area (Å²) in [5.74, 6) is -0.104. The van der Waals surface area contributed by atoms with Crippen LogP contribution in [-0.2, 0) is 4.79 Å². The zero-order valence-electron chi connectivity index (χ0n) is 10.4. The molecule has 0 saturated carbocycles. The number of benzene rings is 1. The average molecular weight is 232 g/mol. The number of amides is 1. The fourth-order valence-corrected chi connectivity index (χ4v) is 1.66. The SMILES string of the molecule is C=CC(=O)NCCCN(CC)c1ccccc1. The second kappa shape index (κ2) is 7.49. The van der Waals surface area contributed by atoms with E-state index in [1.165, 1.54) is 11.8 Å². The van der Waals surface area contributed by atoms with Crippen LogP contribution >= 0.6 is 0 Å². The number of rotatable bonds is 7. The smallest absolute Gasteiger partial charge is 0.243 e. The van der Waals surface area contributed by atoms with Gasteiger partial charge < -0.3 is 10.2 Å². The van der Waals surface area contributed by atoms with E-state index in [0.29, 0.717) is 6.54 Å². The zero-order chi connectivity index (χ0) is 12.5. The maximum atomic E-state index is 11.0. The van der Waals surface area contributed by atoms with Gasteiger partial charge in [0.15, 0.2) is 0 Å². The van der Waals surface area contributed by atoms with Crippen LogP contribution in [0.3, 0.4) is 0 Å². The van der Waals surface area contributed by atoms with E-state index >= 15 is 0 Å². The molecule has 0 radical (unpaired) electrons. The summed E-state index contributed by atoms with van der Waals surface area (Å²) in [7, 11) is 0. The molecular weight excluding hydrogens is 212 g/mol. The Hall–Kier alpha value is -1.77. The quantitative estimate of drug-likeness (QED) is 0.577. The summed E-state index contributed by atoms with van der Waals surface area (Å²) in [5, 5.41) is 2.78. The van der Waals surface area contributed by atoms with Crippen LogP contribution in [0.4, 0.5) is 5.69 Å². The molecule has 0 fully saturated rings. The number of hydrogen-bond acceptors (Lipinski definition) is 2. The maximum Gasteiger partial charge on any atom is 0.243 e. The third kappa shape index (κ3) is 4.72. The summed E-state index contributed by atoms with van der Waals surface area (Å²) in [5.41, 5.74) is 1.23. The summed E-state index contributed by atoms with van der Waals surface area (Å²) in [6.45, 7) is 8.15. The van der Waals surface area contributed by atoms with Gasteiger partial charge in [0.05, 0.1) is 0 Å². The Morgan fingerprint density at radius 2 is 2.12 bits per heavy atom. The molecule has 0 aliphatic rings. The van der Waals surface area contributed by atoms with Crippen molar-refractivity contribution in [2.75, 3.05) is 24.5 Å². The zero-order valence-corrected chi connectivity index (χ0v) is 10.4. The fraction of sp³-hybridized carbons (Fsp3) is 0.357. The molecule has 0 spiro atoms. The normalized spacial score (nSPS) is 9.71. The Bertz CT molecular complexity index is 348. The highest BCUT2D eigenvalue weighted by Gasteiger charge is 2.02. The minimum atomic E-state index is -0.104. The van der Waals surface area contributed by atoms with E-state index in [4.69, 9.17) is 0 Å². The van der Waals surface area contributed by atoms with Crippen LogP contribution < -0.4 is 10.2 Å². The molecule has 1 aromatic carbocycles. The van der Waals surface area contributed by atoms with Gasteiger partial charge in [0.25, 0.3) is 0 Å². The predicted octanol–water partition coefficient (Wildman–Crippen LogP) is 2.21. The molecule has 1 N–H and O–H groups in total. The van der Waals surface area contributed by atoms with Crippen molar-refractivity contribution in [2.45, 2.75) is 13.3 Å². The molecule has 0 bridgehead atoms. The molecule has 17 heavy (non-hydrogen) atoms. The van der Waals surface area contributed by atoms with E-state index < -0.39 is 0 Å².